The number of amides is 2. The second-order valence-corrected chi connectivity index (χ2v) is 5.86. The van der Waals surface area contributed by atoms with Crippen LogP contribution in [0.4, 0.5) is 10.5 Å². The molecule has 0 aliphatic rings. The Labute approximate surface area is 140 Å². The van der Waals surface area contributed by atoms with E-state index in [1.165, 1.54) is 0 Å². The summed E-state index contributed by atoms with van der Waals surface area (Å²) in [6.07, 6.45) is 0.745. The maximum Gasteiger partial charge on any atom is 0.319 e. The zero-order valence-corrected chi connectivity index (χ0v) is 13.6. The highest BCUT2D eigenvalue weighted by atomic mass is 16.3. The van der Waals surface area contributed by atoms with Crippen LogP contribution in [0.25, 0.3) is 10.9 Å². The average molecular weight is 323 g/mol. The van der Waals surface area contributed by atoms with E-state index in [1.807, 2.05) is 49.4 Å². The number of rotatable bonds is 5. The average Bonchev–Trinajstić information content (AvgIpc) is 2.95. The van der Waals surface area contributed by atoms with Crippen LogP contribution < -0.4 is 10.6 Å². The molecular weight excluding hydrogens is 302 g/mol. The zero-order chi connectivity index (χ0) is 16.9. The molecule has 0 saturated carbocycles. The number of hydrogen-bond acceptors (Lipinski definition) is 2. The van der Waals surface area contributed by atoms with E-state index in [9.17, 15) is 4.79 Å². The number of aliphatic hydroxyl groups excluding tert-OH is 1. The van der Waals surface area contributed by atoms with E-state index in [2.05, 4.69) is 21.7 Å². The smallest absolute Gasteiger partial charge is 0.319 e. The van der Waals surface area contributed by atoms with Crippen molar-refractivity contribution in [3.8, 4) is 0 Å². The van der Waals surface area contributed by atoms with E-state index in [0.29, 0.717) is 6.54 Å². The fraction of sp³-hybridized carbons (Fsp3) is 0.211. The van der Waals surface area contributed by atoms with Crippen LogP contribution in [0.1, 0.15) is 16.8 Å². The largest absolute Gasteiger partial charge is 0.392 e. The van der Waals surface area contributed by atoms with Crippen molar-refractivity contribution in [2.75, 3.05) is 11.9 Å². The molecule has 24 heavy (non-hydrogen) atoms. The number of aromatic amines is 1. The number of hydrogen-bond donors (Lipinski definition) is 4. The number of carbonyl (C=O) groups excluding carboxylic acids is 1. The third kappa shape index (κ3) is 3.94. The van der Waals surface area contributed by atoms with Crippen LogP contribution in [0.15, 0.2) is 48.5 Å². The first kappa shape index (κ1) is 16.1. The Hall–Kier alpha value is -2.79. The van der Waals surface area contributed by atoms with E-state index in [-0.39, 0.29) is 12.6 Å². The molecule has 3 aromatic rings. The van der Waals surface area contributed by atoms with E-state index in [0.717, 1.165) is 39.8 Å². The Morgan fingerprint density at radius 3 is 2.58 bits per heavy atom. The van der Waals surface area contributed by atoms with Crippen molar-refractivity contribution < 1.29 is 9.90 Å². The first-order valence-electron chi connectivity index (χ1n) is 7.97. The standard InChI is InChI=1S/C19H21N3O2/c1-13-10-16-11-17(6-7-18(16)21-13)22-19(24)20-9-8-14-2-4-15(12-23)5-3-14/h2-7,10-11,21,23H,8-9,12H2,1H3,(H2,20,22,24). The van der Waals surface area contributed by atoms with Crippen molar-refractivity contribution in [1.29, 1.82) is 0 Å². The van der Waals surface area contributed by atoms with Gasteiger partial charge in [0.2, 0.25) is 0 Å². The minimum absolute atomic E-state index is 0.0476. The highest BCUT2D eigenvalue weighted by Crippen LogP contribution is 2.19. The highest BCUT2D eigenvalue weighted by molar-refractivity contribution is 5.92. The molecule has 5 heteroatoms. The number of carbonyl (C=O) groups is 1. The predicted octanol–water partition coefficient (Wildman–Crippen LogP) is 3.33. The van der Waals surface area contributed by atoms with Crippen LogP contribution in [-0.4, -0.2) is 22.7 Å². The van der Waals surface area contributed by atoms with Gasteiger partial charge in [0.15, 0.2) is 0 Å². The van der Waals surface area contributed by atoms with Crippen molar-refractivity contribution >= 4 is 22.6 Å². The van der Waals surface area contributed by atoms with E-state index >= 15 is 0 Å². The lowest BCUT2D eigenvalue weighted by molar-refractivity contribution is 0.252. The number of aliphatic hydroxyl groups is 1. The molecule has 0 unspecified atom stereocenters. The van der Waals surface area contributed by atoms with Gasteiger partial charge in [-0.15, -0.1) is 0 Å². The van der Waals surface area contributed by atoms with Gasteiger partial charge in [-0.25, -0.2) is 4.79 Å². The lowest BCUT2D eigenvalue weighted by atomic mass is 10.1. The molecular formula is C19H21N3O2. The van der Waals surface area contributed by atoms with Gasteiger partial charge in [0, 0.05) is 28.8 Å². The lowest BCUT2D eigenvalue weighted by Gasteiger charge is -2.08. The quantitative estimate of drug-likeness (QED) is 0.581. The maximum atomic E-state index is 12.0. The molecule has 0 saturated heterocycles. The topological polar surface area (TPSA) is 77.2 Å². The van der Waals surface area contributed by atoms with Crippen molar-refractivity contribution in [2.45, 2.75) is 20.0 Å². The Morgan fingerprint density at radius 2 is 1.83 bits per heavy atom. The molecule has 2 amide bonds. The Bertz CT molecular complexity index is 837. The molecule has 124 valence electrons. The third-order valence-corrected chi connectivity index (χ3v) is 3.92. The van der Waals surface area contributed by atoms with Gasteiger partial charge < -0.3 is 20.7 Å². The van der Waals surface area contributed by atoms with Crippen LogP contribution in [0.5, 0.6) is 0 Å². The van der Waals surface area contributed by atoms with Crippen LogP contribution in [0.3, 0.4) is 0 Å². The van der Waals surface area contributed by atoms with Gasteiger partial charge in [-0.2, -0.15) is 0 Å². The monoisotopic (exact) mass is 323 g/mol. The second-order valence-electron chi connectivity index (χ2n) is 5.86. The number of anilines is 1. The molecule has 2 aromatic carbocycles. The molecule has 1 aromatic heterocycles. The molecule has 0 spiro atoms. The maximum absolute atomic E-state index is 12.0. The normalized spacial score (nSPS) is 10.8. The fourth-order valence-corrected chi connectivity index (χ4v) is 2.66. The number of H-pyrrole nitrogens is 1. The first-order chi connectivity index (χ1) is 11.6. The Kier molecular flexibility index (Phi) is 4.82. The van der Waals surface area contributed by atoms with Gasteiger partial charge in [-0.1, -0.05) is 24.3 Å². The summed E-state index contributed by atoms with van der Waals surface area (Å²) in [6, 6.07) is 15.3. The molecule has 3 rings (SSSR count). The lowest BCUT2D eigenvalue weighted by Crippen LogP contribution is -2.30. The molecule has 0 aliphatic carbocycles. The fourth-order valence-electron chi connectivity index (χ4n) is 2.66. The van der Waals surface area contributed by atoms with Gasteiger partial charge in [-0.3, -0.25) is 0 Å². The molecule has 0 atom stereocenters. The SMILES string of the molecule is Cc1cc2cc(NC(=O)NCCc3ccc(CO)cc3)ccc2[nH]1. The van der Waals surface area contributed by atoms with E-state index < -0.39 is 0 Å². The Morgan fingerprint density at radius 1 is 1.08 bits per heavy atom. The van der Waals surface area contributed by atoms with Crippen molar-refractivity contribution in [2.24, 2.45) is 0 Å². The van der Waals surface area contributed by atoms with Crippen molar-refractivity contribution in [3.63, 3.8) is 0 Å². The molecule has 0 aliphatic heterocycles. The molecule has 4 N–H and O–H groups in total. The van der Waals surface area contributed by atoms with E-state index in [1.54, 1.807) is 0 Å². The number of urea groups is 1. The highest BCUT2D eigenvalue weighted by Gasteiger charge is 2.04. The summed E-state index contributed by atoms with van der Waals surface area (Å²) in [5.41, 5.74) is 4.94. The number of benzene rings is 2. The van der Waals surface area contributed by atoms with Crippen LogP contribution in [0.2, 0.25) is 0 Å². The van der Waals surface area contributed by atoms with Gasteiger partial charge in [0.05, 0.1) is 6.61 Å². The van der Waals surface area contributed by atoms with Crippen LogP contribution in [-0.2, 0) is 13.0 Å². The second kappa shape index (κ2) is 7.19. The summed E-state index contributed by atoms with van der Waals surface area (Å²) < 4.78 is 0. The zero-order valence-electron chi connectivity index (χ0n) is 13.6. The number of aryl methyl sites for hydroxylation is 1. The number of nitrogens with one attached hydrogen (secondary N) is 3. The minimum Gasteiger partial charge on any atom is -0.392 e. The van der Waals surface area contributed by atoms with Gasteiger partial charge in [-0.05, 0) is 48.7 Å². The van der Waals surface area contributed by atoms with Gasteiger partial charge in [0.1, 0.15) is 0 Å². The summed E-state index contributed by atoms with van der Waals surface area (Å²) in [5.74, 6) is 0. The van der Waals surface area contributed by atoms with E-state index in [4.69, 9.17) is 5.11 Å². The minimum atomic E-state index is -0.214. The third-order valence-electron chi connectivity index (χ3n) is 3.92. The molecule has 0 bridgehead atoms. The van der Waals surface area contributed by atoms with Crippen molar-refractivity contribution in [3.05, 3.63) is 65.4 Å². The summed E-state index contributed by atoms with van der Waals surface area (Å²) >= 11 is 0. The Balaban J connectivity index is 1.50. The first-order valence-corrected chi connectivity index (χ1v) is 7.97. The number of aromatic nitrogens is 1. The van der Waals surface area contributed by atoms with Crippen LogP contribution >= 0.6 is 0 Å². The summed E-state index contributed by atoms with van der Waals surface area (Å²) in [6.45, 7) is 2.61. The van der Waals surface area contributed by atoms with Gasteiger partial charge >= 0.3 is 6.03 Å². The van der Waals surface area contributed by atoms with Gasteiger partial charge in [0.25, 0.3) is 0 Å². The molecule has 0 radical (unpaired) electrons. The molecule has 0 fully saturated rings. The summed E-state index contributed by atoms with van der Waals surface area (Å²) in [5, 5.41) is 15.8. The predicted molar refractivity (Wildman–Crippen MR) is 96.1 cm³/mol. The number of fused-ring (bicyclic) bond motifs is 1. The van der Waals surface area contributed by atoms with Crippen LogP contribution in [0, 0.1) is 6.92 Å². The van der Waals surface area contributed by atoms with Crippen molar-refractivity contribution in [1.82, 2.24) is 10.3 Å². The molecule has 5 nitrogen and oxygen atoms in total. The summed E-state index contributed by atoms with van der Waals surface area (Å²) in [4.78, 5) is 15.2. The molecule has 1 heterocycles. The summed E-state index contributed by atoms with van der Waals surface area (Å²) in [7, 11) is 0.